The van der Waals surface area contributed by atoms with Gasteiger partial charge in [0.15, 0.2) is 0 Å². The maximum Gasteiger partial charge on any atom is 0.0605 e. The largest absolute Gasteiger partial charge is 0.396 e. The summed E-state index contributed by atoms with van der Waals surface area (Å²) in [5.41, 5.74) is 0.651. The third kappa shape index (κ3) is 3.33. The van der Waals surface area contributed by atoms with Gasteiger partial charge in [-0.1, -0.05) is 34.1 Å². The molecule has 29 heavy (non-hydrogen) atoms. The quantitative estimate of drug-likeness (QED) is 0.601. The molecule has 0 amide bonds. The minimum atomic E-state index is -0.190. The van der Waals surface area contributed by atoms with Crippen LogP contribution in [0.5, 0.6) is 0 Å². The first-order chi connectivity index (χ1) is 13.8. The molecule has 4 aliphatic rings. The Balaban J connectivity index is 1.63. The summed E-state index contributed by atoms with van der Waals surface area (Å²) < 4.78 is 0. The number of rotatable bonds is 5. The first-order valence-electron chi connectivity index (χ1n) is 12.7. The van der Waals surface area contributed by atoms with Crippen molar-refractivity contribution in [1.29, 1.82) is 0 Å². The van der Waals surface area contributed by atoms with Gasteiger partial charge in [-0.3, -0.25) is 0 Å². The number of hydrogen-bond acceptors (Lipinski definition) is 3. The Morgan fingerprint density at radius 2 is 1.62 bits per heavy atom. The van der Waals surface area contributed by atoms with Crippen molar-refractivity contribution < 1.29 is 15.3 Å². The molecule has 0 radical (unpaired) electrons. The van der Waals surface area contributed by atoms with Crippen molar-refractivity contribution in [3.8, 4) is 0 Å². The van der Waals surface area contributed by atoms with Crippen LogP contribution < -0.4 is 0 Å². The van der Waals surface area contributed by atoms with E-state index in [4.69, 9.17) is 0 Å². The summed E-state index contributed by atoms with van der Waals surface area (Å²) >= 11 is 0. The van der Waals surface area contributed by atoms with Crippen LogP contribution in [0.1, 0.15) is 91.9 Å². The molecule has 4 rings (SSSR count). The van der Waals surface area contributed by atoms with Gasteiger partial charge in [0.05, 0.1) is 12.2 Å². The van der Waals surface area contributed by atoms with Crippen molar-refractivity contribution in [1.82, 2.24) is 0 Å². The van der Waals surface area contributed by atoms with E-state index in [0.29, 0.717) is 52.9 Å². The number of hydrogen-bond donors (Lipinski definition) is 3. The molecule has 0 aromatic heterocycles. The molecule has 0 spiro atoms. The van der Waals surface area contributed by atoms with E-state index in [1.54, 1.807) is 0 Å². The fourth-order valence-corrected chi connectivity index (χ4v) is 9.55. The minimum absolute atomic E-state index is 0.164. The average Bonchev–Trinajstić information content (AvgIpc) is 3.05. The number of fused-ring (bicyclic) bond motifs is 5. The van der Waals surface area contributed by atoms with Gasteiger partial charge in [0.1, 0.15) is 0 Å². The lowest BCUT2D eigenvalue weighted by molar-refractivity contribution is -0.203. The van der Waals surface area contributed by atoms with E-state index < -0.39 is 0 Å². The smallest absolute Gasteiger partial charge is 0.0605 e. The zero-order valence-corrected chi connectivity index (χ0v) is 19.3. The summed E-state index contributed by atoms with van der Waals surface area (Å²) in [6.07, 6.45) is 10.9. The fourth-order valence-electron chi connectivity index (χ4n) is 9.55. The highest BCUT2D eigenvalue weighted by atomic mass is 16.3. The molecule has 0 aromatic carbocycles. The standard InChI is InChI=1S/C26H46O3/c1-5-18-22-15-17(28)10-12-26(22,4)21-11-13-25(3)19(16(2)7-6-14-27)8-9-20(25)23(21)24(18)29/h16-24,27-29H,5-15H2,1-4H3/t16-,17-,18-,19?,20?,21?,22+,23?,24-,25-,26-/m1/s1. The number of aliphatic hydroxyl groups is 3. The molecule has 168 valence electrons. The van der Waals surface area contributed by atoms with Gasteiger partial charge in [0.25, 0.3) is 0 Å². The summed E-state index contributed by atoms with van der Waals surface area (Å²) in [7, 11) is 0. The zero-order chi connectivity index (χ0) is 21.0. The van der Waals surface area contributed by atoms with Gasteiger partial charge >= 0.3 is 0 Å². The number of aliphatic hydroxyl groups excluding tert-OH is 3. The summed E-state index contributed by atoms with van der Waals surface area (Å²) in [4.78, 5) is 0. The van der Waals surface area contributed by atoms with E-state index in [2.05, 4.69) is 27.7 Å². The highest BCUT2D eigenvalue weighted by Gasteiger charge is 2.64. The predicted octanol–water partition coefficient (Wildman–Crippen LogP) is 5.02. The molecule has 4 fully saturated rings. The van der Waals surface area contributed by atoms with Crippen molar-refractivity contribution >= 4 is 0 Å². The molecule has 4 unspecified atom stereocenters. The molecule has 0 bridgehead atoms. The maximum atomic E-state index is 11.7. The molecule has 3 heteroatoms. The van der Waals surface area contributed by atoms with Crippen molar-refractivity contribution in [3.05, 3.63) is 0 Å². The minimum Gasteiger partial charge on any atom is -0.396 e. The van der Waals surface area contributed by atoms with E-state index in [-0.39, 0.29) is 12.2 Å². The Morgan fingerprint density at radius 3 is 2.31 bits per heavy atom. The molecule has 11 atom stereocenters. The first-order valence-corrected chi connectivity index (χ1v) is 12.7. The maximum absolute atomic E-state index is 11.7. The predicted molar refractivity (Wildman–Crippen MR) is 117 cm³/mol. The SMILES string of the molecule is CC[C@H]1[C@@H](O)C2C3CCC([C@H](C)CCCO)[C@@]3(C)CCC2[C@@]2(C)CC[C@@H](O)C[C@@H]12. The van der Waals surface area contributed by atoms with E-state index >= 15 is 0 Å². The molecule has 4 aliphatic carbocycles. The molecule has 0 saturated heterocycles. The second kappa shape index (κ2) is 8.10. The van der Waals surface area contributed by atoms with Gasteiger partial charge in [0, 0.05) is 6.61 Å². The van der Waals surface area contributed by atoms with Crippen LogP contribution in [-0.4, -0.2) is 34.1 Å². The van der Waals surface area contributed by atoms with Crippen molar-refractivity contribution in [2.45, 2.75) is 104 Å². The van der Waals surface area contributed by atoms with Crippen LogP contribution >= 0.6 is 0 Å². The Hall–Kier alpha value is -0.120. The van der Waals surface area contributed by atoms with Gasteiger partial charge < -0.3 is 15.3 Å². The summed E-state index contributed by atoms with van der Waals surface area (Å²) in [5.74, 6) is 3.97. The average molecular weight is 407 g/mol. The van der Waals surface area contributed by atoms with E-state index in [9.17, 15) is 15.3 Å². The van der Waals surface area contributed by atoms with Crippen molar-refractivity contribution in [2.24, 2.45) is 52.3 Å². The third-order valence-electron chi connectivity index (χ3n) is 11.0. The van der Waals surface area contributed by atoms with Gasteiger partial charge in [0.2, 0.25) is 0 Å². The van der Waals surface area contributed by atoms with Crippen LogP contribution in [0.25, 0.3) is 0 Å². The zero-order valence-electron chi connectivity index (χ0n) is 19.3. The van der Waals surface area contributed by atoms with Crippen LogP contribution in [0.15, 0.2) is 0 Å². The molecule has 4 saturated carbocycles. The molecule has 0 aromatic rings. The van der Waals surface area contributed by atoms with Crippen LogP contribution in [0.2, 0.25) is 0 Å². The monoisotopic (exact) mass is 406 g/mol. The Kier molecular flexibility index (Phi) is 6.17. The van der Waals surface area contributed by atoms with Gasteiger partial charge in [-0.15, -0.1) is 0 Å². The van der Waals surface area contributed by atoms with Crippen LogP contribution in [0.4, 0.5) is 0 Å². The van der Waals surface area contributed by atoms with E-state index in [1.807, 2.05) is 0 Å². The lowest BCUT2D eigenvalue weighted by atomic mass is 9.41. The van der Waals surface area contributed by atoms with Gasteiger partial charge in [-0.25, -0.2) is 0 Å². The topological polar surface area (TPSA) is 60.7 Å². The molecule has 0 aliphatic heterocycles. The summed E-state index contributed by atoms with van der Waals surface area (Å²) in [6.45, 7) is 10.0. The van der Waals surface area contributed by atoms with Crippen LogP contribution in [0, 0.1) is 52.3 Å². The molecule has 3 N–H and O–H groups in total. The second-order valence-electron chi connectivity index (χ2n) is 12.0. The second-order valence-corrected chi connectivity index (χ2v) is 12.0. The fraction of sp³-hybridized carbons (Fsp3) is 1.00. The van der Waals surface area contributed by atoms with Crippen LogP contribution in [0.3, 0.4) is 0 Å². The molecule has 0 heterocycles. The van der Waals surface area contributed by atoms with Crippen molar-refractivity contribution in [3.63, 3.8) is 0 Å². The summed E-state index contributed by atoms with van der Waals surface area (Å²) in [5, 5.41) is 31.4. The van der Waals surface area contributed by atoms with E-state index in [0.717, 1.165) is 44.4 Å². The highest BCUT2D eigenvalue weighted by Crippen LogP contribution is 2.69. The Bertz CT molecular complexity index is 578. The van der Waals surface area contributed by atoms with Gasteiger partial charge in [-0.2, -0.15) is 0 Å². The lowest BCUT2D eigenvalue weighted by Gasteiger charge is -2.64. The first kappa shape index (κ1) is 22.1. The lowest BCUT2D eigenvalue weighted by Crippen LogP contribution is -2.62. The molecular weight excluding hydrogens is 360 g/mol. The van der Waals surface area contributed by atoms with Crippen LogP contribution in [-0.2, 0) is 0 Å². The third-order valence-corrected chi connectivity index (χ3v) is 11.0. The van der Waals surface area contributed by atoms with Gasteiger partial charge in [-0.05, 0) is 110 Å². The van der Waals surface area contributed by atoms with Crippen molar-refractivity contribution in [2.75, 3.05) is 6.61 Å². The Labute approximate surface area is 178 Å². The normalized spacial score (nSPS) is 53.1. The molecular formula is C26H46O3. The Morgan fingerprint density at radius 1 is 0.931 bits per heavy atom. The highest BCUT2D eigenvalue weighted by molar-refractivity contribution is 5.13. The molecule has 3 nitrogen and oxygen atoms in total. The van der Waals surface area contributed by atoms with E-state index in [1.165, 1.54) is 25.7 Å². The summed E-state index contributed by atoms with van der Waals surface area (Å²) in [6, 6.07) is 0.